The number of likely N-dealkylation sites (N-methyl/N-ethyl adjacent to an activating group) is 1. The van der Waals surface area contributed by atoms with Gasteiger partial charge in [0, 0.05) is 20.0 Å². The van der Waals surface area contributed by atoms with Crippen molar-refractivity contribution in [3.8, 4) is 5.75 Å². The van der Waals surface area contributed by atoms with Crippen molar-refractivity contribution in [2.45, 2.75) is 25.4 Å². The first-order valence-electron chi connectivity index (χ1n) is 6.72. The molecule has 0 unspecified atom stereocenters. The Morgan fingerprint density at radius 1 is 1.35 bits per heavy atom. The van der Waals surface area contributed by atoms with E-state index in [9.17, 15) is 9.59 Å². The lowest BCUT2D eigenvalue weighted by atomic mass is 9.84. The van der Waals surface area contributed by atoms with Crippen molar-refractivity contribution in [3.05, 3.63) is 28.8 Å². The zero-order valence-electron chi connectivity index (χ0n) is 11.9. The average Bonchev–Trinajstić information content (AvgIpc) is 2.44. The molecule has 1 aromatic rings. The lowest BCUT2D eigenvalue weighted by molar-refractivity contribution is -0.150. The number of methoxy groups -OCH3 is 1. The first kappa shape index (κ1) is 13.0. The molecule has 0 N–H and O–H groups in total. The number of fused-ring (bicyclic) bond motifs is 4. The standard InChI is InChI=1S/C15H18N2O3/c1-9-4-10-5-12-15(19)16(2)7-13(17(12)8-18)11(10)6-14(9)20-3/h4,6,8,12-13H,5,7H2,1-3H3/t12-,13-/m0/s1. The number of ether oxygens (including phenoxy) is 1. The van der Waals surface area contributed by atoms with E-state index in [0.717, 1.165) is 28.8 Å². The highest BCUT2D eigenvalue weighted by Gasteiger charge is 2.43. The number of piperazine rings is 1. The predicted octanol–water partition coefficient (Wildman–Crippen LogP) is 0.900. The quantitative estimate of drug-likeness (QED) is 0.753. The van der Waals surface area contributed by atoms with Crippen LogP contribution in [0.2, 0.25) is 0 Å². The zero-order chi connectivity index (χ0) is 14.4. The van der Waals surface area contributed by atoms with Crippen LogP contribution in [0.15, 0.2) is 12.1 Å². The Balaban J connectivity index is 2.13. The molecule has 0 aromatic heterocycles. The molecular weight excluding hydrogens is 256 g/mol. The van der Waals surface area contributed by atoms with Crippen LogP contribution in [0.4, 0.5) is 0 Å². The summed E-state index contributed by atoms with van der Waals surface area (Å²) < 4.78 is 5.38. The van der Waals surface area contributed by atoms with Gasteiger partial charge in [-0.2, -0.15) is 0 Å². The minimum atomic E-state index is -0.364. The number of carbonyl (C=O) groups excluding carboxylic acids is 2. The van der Waals surface area contributed by atoms with Gasteiger partial charge < -0.3 is 14.5 Å². The summed E-state index contributed by atoms with van der Waals surface area (Å²) in [4.78, 5) is 27.0. The van der Waals surface area contributed by atoms with Crippen LogP contribution in [-0.2, 0) is 16.0 Å². The molecule has 5 nitrogen and oxygen atoms in total. The van der Waals surface area contributed by atoms with Crippen molar-refractivity contribution >= 4 is 12.3 Å². The van der Waals surface area contributed by atoms with Gasteiger partial charge in [-0.3, -0.25) is 9.59 Å². The summed E-state index contributed by atoms with van der Waals surface area (Å²) in [6.45, 7) is 2.53. The molecule has 2 bridgehead atoms. The first-order valence-corrected chi connectivity index (χ1v) is 6.72. The van der Waals surface area contributed by atoms with Gasteiger partial charge in [-0.25, -0.2) is 0 Å². The van der Waals surface area contributed by atoms with Gasteiger partial charge >= 0.3 is 0 Å². The summed E-state index contributed by atoms with van der Waals surface area (Å²) in [6, 6.07) is 3.65. The van der Waals surface area contributed by atoms with Crippen LogP contribution < -0.4 is 4.74 Å². The highest BCUT2D eigenvalue weighted by atomic mass is 16.5. The molecule has 1 aromatic carbocycles. The summed E-state index contributed by atoms with van der Waals surface area (Å²) >= 11 is 0. The summed E-state index contributed by atoms with van der Waals surface area (Å²) in [5.41, 5.74) is 3.30. The van der Waals surface area contributed by atoms with Crippen LogP contribution in [0.3, 0.4) is 0 Å². The fraction of sp³-hybridized carbons (Fsp3) is 0.467. The fourth-order valence-electron chi connectivity index (χ4n) is 3.32. The summed E-state index contributed by atoms with van der Waals surface area (Å²) in [6.07, 6.45) is 1.38. The fourth-order valence-corrected chi connectivity index (χ4v) is 3.32. The first-order chi connectivity index (χ1) is 9.56. The van der Waals surface area contributed by atoms with Gasteiger partial charge in [0.25, 0.3) is 0 Å². The molecule has 2 aliphatic rings. The van der Waals surface area contributed by atoms with Crippen molar-refractivity contribution in [3.63, 3.8) is 0 Å². The van der Waals surface area contributed by atoms with Crippen LogP contribution in [0.25, 0.3) is 0 Å². The number of hydrogen-bond donors (Lipinski definition) is 0. The highest BCUT2D eigenvalue weighted by Crippen LogP contribution is 2.39. The van der Waals surface area contributed by atoms with Gasteiger partial charge in [0.1, 0.15) is 11.8 Å². The minimum absolute atomic E-state index is 0.0208. The van der Waals surface area contributed by atoms with Crippen LogP contribution in [-0.4, -0.2) is 48.9 Å². The Morgan fingerprint density at radius 3 is 2.75 bits per heavy atom. The van der Waals surface area contributed by atoms with Crippen molar-refractivity contribution in [2.24, 2.45) is 0 Å². The number of hydrogen-bond acceptors (Lipinski definition) is 3. The third-order valence-electron chi connectivity index (χ3n) is 4.38. The van der Waals surface area contributed by atoms with Crippen LogP contribution in [0.1, 0.15) is 22.7 Å². The van der Waals surface area contributed by atoms with Gasteiger partial charge in [0.15, 0.2) is 0 Å². The maximum absolute atomic E-state index is 12.2. The Hall–Kier alpha value is -2.04. The van der Waals surface area contributed by atoms with Crippen molar-refractivity contribution in [2.75, 3.05) is 20.7 Å². The lowest BCUT2D eigenvalue weighted by Gasteiger charge is -2.47. The number of aryl methyl sites for hydroxylation is 1. The molecular formula is C15H18N2O3. The normalized spacial score (nSPS) is 24.4. The van der Waals surface area contributed by atoms with Crippen LogP contribution in [0.5, 0.6) is 5.75 Å². The molecule has 0 saturated carbocycles. The molecule has 1 saturated heterocycles. The van der Waals surface area contributed by atoms with E-state index in [4.69, 9.17) is 4.74 Å². The largest absolute Gasteiger partial charge is 0.496 e. The van der Waals surface area contributed by atoms with Gasteiger partial charge in [-0.15, -0.1) is 0 Å². The Kier molecular flexibility index (Phi) is 2.92. The van der Waals surface area contributed by atoms with E-state index in [2.05, 4.69) is 6.07 Å². The molecule has 0 aliphatic carbocycles. The van der Waals surface area contributed by atoms with Gasteiger partial charge in [-0.1, -0.05) is 6.07 Å². The molecule has 2 aliphatic heterocycles. The van der Waals surface area contributed by atoms with E-state index in [-0.39, 0.29) is 18.0 Å². The highest BCUT2D eigenvalue weighted by molar-refractivity contribution is 5.86. The molecule has 3 rings (SSSR count). The SMILES string of the molecule is COc1cc2c(cc1C)C[C@H]1C(=O)N(C)C[C@@H]2N1C=O. The topological polar surface area (TPSA) is 49.9 Å². The number of rotatable bonds is 2. The van der Waals surface area contributed by atoms with Crippen molar-refractivity contribution in [1.29, 1.82) is 0 Å². The Bertz CT molecular complexity index is 585. The summed E-state index contributed by atoms with van der Waals surface area (Å²) in [5, 5.41) is 0. The van der Waals surface area contributed by atoms with E-state index in [1.807, 2.05) is 13.0 Å². The molecule has 2 atom stereocenters. The zero-order valence-corrected chi connectivity index (χ0v) is 11.9. The number of amides is 2. The molecule has 20 heavy (non-hydrogen) atoms. The predicted molar refractivity (Wildman–Crippen MR) is 73.5 cm³/mol. The van der Waals surface area contributed by atoms with E-state index < -0.39 is 0 Å². The minimum Gasteiger partial charge on any atom is -0.496 e. The smallest absolute Gasteiger partial charge is 0.245 e. The van der Waals surface area contributed by atoms with Gasteiger partial charge in [0.05, 0.1) is 13.2 Å². The van der Waals surface area contributed by atoms with E-state index in [0.29, 0.717) is 13.0 Å². The summed E-state index contributed by atoms with van der Waals surface area (Å²) in [5.74, 6) is 0.847. The molecule has 5 heteroatoms. The van der Waals surface area contributed by atoms with Crippen molar-refractivity contribution in [1.82, 2.24) is 9.80 Å². The molecule has 0 spiro atoms. The third-order valence-corrected chi connectivity index (χ3v) is 4.38. The second-order valence-electron chi connectivity index (χ2n) is 5.53. The maximum Gasteiger partial charge on any atom is 0.245 e. The number of benzene rings is 1. The van der Waals surface area contributed by atoms with Crippen LogP contribution >= 0.6 is 0 Å². The van der Waals surface area contributed by atoms with Crippen molar-refractivity contribution < 1.29 is 14.3 Å². The van der Waals surface area contributed by atoms with Gasteiger partial charge in [-0.05, 0) is 29.7 Å². The average molecular weight is 274 g/mol. The van der Waals surface area contributed by atoms with E-state index in [1.54, 1.807) is 24.0 Å². The monoisotopic (exact) mass is 274 g/mol. The Labute approximate surface area is 118 Å². The maximum atomic E-state index is 12.2. The van der Waals surface area contributed by atoms with Gasteiger partial charge in [0.2, 0.25) is 12.3 Å². The second kappa shape index (κ2) is 4.51. The molecule has 1 fully saturated rings. The van der Waals surface area contributed by atoms with E-state index in [1.165, 1.54) is 0 Å². The third kappa shape index (κ3) is 1.69. The molecule has 106 valence electrons. The number of nitrogens with zero attached hydrogens (tertiary/aromatic N) is 2. The molecule has 0 radical (unpaired) electrons. The van der Waals surface area contributed by atoms with Crippen LogP contribution in [0, 0.1) is 6.92 Å². The Morgan fingerprint density at radius 2 is 2.10 bits per heavy atom. The lowest BCUT2D eigenvalue weighted by Crippen LogP contribution is -2.59. The summed E-state index contributed by atoms with van der Waals surface area (Å²) in [7, 11) is 3.44. The molecule has 2 amide bonds. The number of carbonyl (C=O) groups is 2. The van der Waals surface area contributed by atoms with E-state index >= 15 is 0 Å². The molecule has 2 heterocycles. The second-order valence-corrected chi connectivity index (χ2v) is 5.53.